The first-order valence-corrected chi connectivity index (χ1v) is 18.7. The smallest absolute Gasteiger partial charge is 0.324 e. The van der Waals surface area contributed by atoms with Gasteiger partial charge in [-0.1, -0.05) is 50.2 Å². The number of ether oxygens (including phenoxy) is 1. The second kappa shape index (κ2) is 12.9. The van der Waals surface area contributed by atoms with Crippen LogP contribution in [0.5, 0.6) is 11.6 Å². The molecular formula is C37H36N9O4P. The van der Waals surface area contributed by atoms with E-state index in [0.29, 0.717) is 51.6 Å². The van der Waals surface area contributed by atoms with Gasteiger partial charge in [0.15, 0.2) is 11.4 Å². The zero-order chi connectivity index (χ0) is 35.9. The van der Waals surface area contributed by atoms with E-state index in [1.54, 1.807) is 54.5 Å². The third-order valence-corrected chi connectivity index (χ3v) is 9.71. The molecule has 0 aliphatic heterocycles. The monoisotopic (exact) mass is 701 g/mol. The minimum Gasteiger partial charge on any atom is -0.438 e. The van der Waals surface area contributed by atoms with Gasteiger partial charge in [-0.2, -0.15) is 10.1 Å². The van der Waals surface area contributed by atoms with Gasteiger partial charge >= 0.3 is 6.03 Å². The Balaban J connectivity index is 1.11. The Morgan fingerprint density at radius 2 is 1.67 bits per heavy atom. The Morgan fingerprint density at radius 1 is 0.902 bits per heavy atom. The van der Waals surface area contributed by atoms with Crippen LogP contribution in [-0.4, -0.2) is 44.3 Å². The van der Waals surface area contributed by atoms with E-state index in [-0.39, 0.29) is 5.41 Å². The third kappa shape index (κ3) is 7.10. The van der Waals surface area contributed by atoms with E-state index in [1.807, 2.05) is 60.7 Å². The molecule has 0 spiro atoms. The van der Waals surface area contributed by atoms with Gasteiger partial charge in [0.1, 0.15) is 18.7 Å². The van der Waals surface area contributed by atoms with Crippen LogP contribution in [0.2, 0.25) is 0 Å². The summed E-state index contributed by atoms with van der Waals surface area (Å²) in [6, 6.07) is 27.0. The highest BCUT2D eigenvalue weighted by Gasteiger charge is 2.22. The molecule has 51 heavy (non-hydrogen) atoms. The highest BCUT2D eigenvalue weighted by atomic mass is 31.2. The van der Waals surface area contributed by atoms with Crippen molar-refractivity contribution in [3.05, 3.63) is 103 Å². The molecule has 0 saturated carbocycles. The predicted molar refractivity (Wildman–Crippen MR) is 202 cm³/mol. The van der Waals surface area contributed by atoms with E-state index in [4.69, 9.17) is 20.1 Å². The van der Waals surface area contributed by atoms with Crippen molar-refractivity contribution in [2.24, 2.45) is 0 Å². The summed E-state index contributed by atoms with van der Waals surface area (Å²) in [6.07, 6.45) is 1.59. The van der Waals surface area contributed by atoms with E-state index in [2.05, 4.69) is 51.8 Å². The van der Waals surface area contributed by atoms with Gasteiger partial charge in [-0.05, 0) is 67.9 Å². The van der Waals surface area contributed by atoms with Crippen molar-refractivity contribution in [3.8, 4) is 17.3 Å². The SMILES string of the molecule is CC(C)(C)c1cc(NC(=O)Nc2ccc(Oc3ccnc(Nc4ccc5onc(N)c5c4)n3)c3ccccc23)n(-c2ccc(P(C)(C)=O)cc2)n1. The lowest BCUT2D eigenvalue weighted by molar-refractivity contribution is 0.262. The number of rotatable bonds is 8. The lowest BCUT2D eigenvalue weighted by Crippen LogP contribution is -2.21. The highest BCUT2D eigenvalue weighted by Crippen LogP contribution is 2.36. The van der Waals surface area contributed by atoms with Crippen LogP contribution in [0.4, 0.5) is 33.8 Å². The van der Waals surface area contributed by atoms with Crippen molar-refractivity contribution < 1.29 is 18.6 Å². The van der Waals surface area contributed by atoms with Crippen molar-refractivity contribution >= 4 is 69.2 Å². The number of anilines is 5. The molecule has 3 aromatic heterocycles. The molecule has 0 bridgehead atoms. The topological polar surface area (TPSA) is 175 Å². The minimum absolute atomic E-state index is 0.270. The standard InChI is InChI=1S/C37H36N9O4P/c1-37(2,3)31-21-32(46(44-31)23-11-13-24(14-12-23)51(4,5)48)42-36(47)41-28-15-17-29(26-9-7-6-8-25(26)28)49-33-18-19-39-35(43-33)40-22-10-16-30-27(20-22)34(38)45-50-30/h6-21H,1-5H3,(H2,38,45)(H,39,40,43)(H2,41,42,47). The van der Waals surface area contributed by atoms with Gasteiger partial charge in [-0.3, -0.25) is 5.32 Å². The van der Waals surface area contributed by atoms with Gasteiger partial charge in [0.2, 0.25) is 11.8 Å². The van der Waals surface area contributed by atoms with Crippen LogP contribution >= 0.6 is 7.14 Å². The zero-order valence-electron chi connectivity index (χ0n) is 28.6. The summed E-state index contributed by atoms with van der Waals surface area (Å²) in [5, 5.41) is 20.7. The normalized spacial score (nSPS) is 11.9. The summed E-state index contributed by atoms with van der Waals surface area (Å²) in [6.45, 7) is 9.64. The average Bonchev–Trinajstić information content (AvgIpc) is 3.69. The van der Waals surface area contributed by atoms with Crippen LogP contribution in [0.25, 0.3) is 27.4 Å². The van der Waals surface area contributed by atoms with Gasteiger partial charge in [-0.25, -0.2) is 14.5 Å². The Hall–Kier alpha value is -6.20. The molecule has 258 valence electrons. The molecule has 7 rings (SSSR count). The molecule has 7 aromatic rings. The maximum Gasteiger partial charge on any atom is 0.324 e. The number of aromatic nitrogens is 5. The predicted octanol–water partition coefficient (Wildman–Crippen LogP) is 8.26. The quantitative estimate of drug-likeness (QED) is 0.113. The van der Waals surface area contributed by atoms with E-state index in [1.165, 1.54) is 0 Å². The average molecular weight is 702 g/mol. The van der Waals surface area contributed by atoms with Crippen LogP contribution in [0.15, 0.2) is 102 Å². The number of nitrogen functional groups attached to an aromatic ring is 1. The number of nitrogens with zero attached hydrogens (tertiary/aromatic N) is 5. The number of hydrogen-bond donors (Lipinski definition) is 4. The number of nitrogens with one attached hydrogen (secondary N) is 3. The number of carbonyl (C=O) groups is 1. The molecule has 4 aromatic carbocycles. The number of nitrogens with two attached hydrogens (primary N) is 1. The maximum absolute atomic E-state index is 13.5. The van der Waals surface area contributed by atoms with Crippen LogP contribution in [0.3, 0.4) is 0 Å². The summed E-state index contributed by atoms with van der Waals surface area (Å²) in [4.78, 5) is 22.4. The summed E-state index contributed by atoms with van der Waals surface area (Å²) in [5.74, 6) is 1.96. The molecular weight excluding hydrogens is 665 g/mol. The first-order valence-electron chi connectivity index (χ1n) is 16.1. The van der Waals surface area contributed by atoms with Crippen molar-refractivity contribution in [2.45, 2.75) is 26.2 Å². The number of urea groups is 1. The van der Waals surface area contributed by atoms with E-state index < -0.39 is 13.2 Å². The summed E-state index contributed by atoms with van der Waals surface area (Å²) >= 11 is 0. The molecule has 0 atom stereocenters. The number of fused-ring (bicyclic) bond motifs is 2. The Bertz CT molecular complexity index is 2460. The fourth-order valence-electron chi connectivity index (χ4n) is 5.46. The Kier molecular flexibility index (Phi) is 8.44. The van der Waals surface area contributed by atoms with Crippen molar-refractivity contribution in [1.82, 2.24) is 24.9 Å². The Morgan fingerprint density at radius 3 is 2.41 bits per heavy atom. The van der Waals surface area contributed by atoms with E-state index in [0.717, 1.165) is 27.5 Å². The molecule has 0 radical (unpaired) electrons. The molecule has 0 aliphatic carbocycles. The molecule has 0 fully saturated rings. The zero-order valence-corrected chi connectivity index (χ0v) is 29.5. The van der Waals surface area contributed by atoms with Crippen LogP contribution < -0.4 is 31.7 Å². The molecule has 0 aliphatic rings. The molecule has 0 saturated heterocycles. The van der Waals surface area contributed by atoms with Crippen molar-refractivity contribution in [3.63, 3.8) is 0 Å². The summed E-state index contributed by atoms with van der Waals surface area (Å²) in [5.41, 5.74) is 9.02. The number of benzene rings is 4. The number of carbonyl (C=O) groups excluding carboxylic acids is 1. The number of amides is 2. The molecule has 3 heterocycles. The first kappa shape index (κ1) is 33.3. The van der Waals surface area contributed by atoms with Gasteiger partial charge in [0, 0.05) is 45.5 Å². The maximum atomic E-state index is 13.5. The van der Waals surface area contributed by atoms with Gasteiger partial charge in [0.25, 0.3) is 0 Å². The second-order valence-corrected chi connectivity index (χ2v) is 16.6. The van der Waals surface area contributed by atoms with E-state index in [9.17, 15) is 9.36 Å². The second-order valence-electron chi connectivity index (χ2n) is 13.4. The molecule has 13 nitrogen and oxygen atoms in total. The molecule has 0 unspecified atom stereocenters. The van der Waals surface area contributed by atoms with Gasteiger partial charge in [-0.15, -0.1) is 0 Å². The van der Waals surface area contributed by atoms with Crippen molar-refractivity contribution in [1.29, 1.82) is 0 Å². The summed E-state index contributed by atoms with van der Waals surface area (Å²) in [7, 11) is -2.43. The largest absolute Gasteiger partial charge is 0.438 e. The minimum atomic E-state index is -2.43. The van der Waals surface area contributed by atoms with Crippen LogP contribution in [0.1, 0.15) is 26.5 Å². The van der Waals surface area contributed by atoms with Crippen LogP contribution in [0, 0.1) is 0 Å². The lowest BCUT2D eigenvalue weighted by atomic mass is 9.92. The fourth-order valence-corrected chi connectivity index (χ4v) is 6.33. The van der Waals surface area contributed by atoms with Gasteiger partial charge < -0.3 is 30.2 Å². The Labute approximate surface area is 293 Å². The van der Waals surface area contributed by atoms with Crippen molar-refractivity contribution in [2.75, 3.05) is 35.0 Å². The molecule has 5 N–H and O–H groups in total. The van der Waals surface area contributed by atoms with Crippen LogP contribution in [-0.2, 0) is 9.98 Å². The van der Waals surface area contributed by atoms with Gasteiger partial charge in [0.05, 0.1) is 22.5 Å². The van der Waals surface area contributed by atoms with E-state index >= 15 is 0 Å². The number of hydrogen-bond acceptors (Lipinski definition) is 10. The third-order valence-electron chi connectivity index (χ3n) is 8.17. The fraction of sp³-hybridized carbons (Fsp3) is 0.162. The molecule has 14 heteroatoms. The molecule has 2 amide bonds. The first-order chi connectivity index (χ1) is 24.3. The highest BCUT2D eigenvalue weighted by molar-refractivity contribution is 7.70. The summed E-state index contributed by atoms with van der Waals surface area (Å²) < 4.78 is 25.7. The lowest BCUT2D eigenvalue weighted by Gasteiger charge is -2.14.